The fraction of sp³-hybridized carbons (Fsp3) is 0.278. The van der Waals surface area contributed by atoms with Gasteiger partial charge in [0.1, 0.15) is 0 Å². The molecule has 0 atom stereocenters. The number of benzene rings is 2. The average molecular weight is 351 g/mol. The van der Waals surface area contributed by atoms with E-state index in [-0.39, 0.29) is 12.5 Å². The summed E-state index contributed by atoms with van der Waals surface area (Å²) >= 11 is 12.1. The molecule has 2 aromatic carbocycles. The second-order valence-corrected chi connectivity index (χ2v) is 6.57. The Balaban J connectivity index is 1.97. The van der Waals surface area contributed by atoms with Gasteiger partial charge in [0.2, 0.25) is 5.91 Å². The summed E-state index contributed by atoms with van der Waals surface area (Å²) in [5.41, 5.74) is 3.94. The molecule has 1 N–H and O–H groups in total. The quantitative estimate of drug-likeness (QED) is 0.848. The number of carbonyl (C=O) groups is 1. The van der Waals surface area contributed by atoms with Crippen LogP contribution in [0.25, 0.3) is 0 Å². The van der Waals surface area contributed by atoms with E-state index in [1.807, 2.05) is 50.1 Å². The molecule has 0 bridgehead atoms. The van der Waals surface area contributed by atoms with Gasteiger partial charge in [-0.15, -0.1) is 0 Å². The highest BCUT2D eigenvalue weighted by Gasteiger charge is 2.11. The predicted molar refractivity (Wildman–Crippen MR) is 97.3 cm³/mol. The Morgan fingerprint density at radius 3 is 2.39 bits per heavy atom. The van der Waals surface area contributed by atoms with Crippen molar-refractivity contribution in [3.8, 4) is 0 Å². The second kappa shape index (κ2) is 7.82. The van der Waals surface area contributed by atoms with Crippen molar-refractivity contribution in [2.45, 2.75) is 20.4 Å². The molecule has 2 rings (SSSR count). The molecule has 0 aromatic heterocycles. The molecule has 0 aliphatic heterocycles. The first kappa shape index (κ1) is 17.8. The van der Waals surface area contributed by atoms with E-state index in [0.29, 0.717) is 16.6 Å². The third-order valence-electron chi connectivity index (χ3n) is 3.61. The molecule has 0 radical (unpaired) electrons. The molecule has 0 unspecified atom stereocenters. The number of amides is 1. The van der Waals surface area contributed by atoms with Crippen molar-refractivity contribution in [2.24, 2.45) is 0 Å². The first-order valence-electron chi connectivity index (χ1n) is 7.35. The molecular formula is C18H20Cl2N2O. The van der Waals surface area contributed by atoms with E-state index in [2.05, 4.69) is 5.32 Å². The Hall–Kier alpha value is -1.55. The second-order valence-electron chi connectivity index (χ2n) is 5.72. The summed E-state index contributed by atoms with van der Waals surface area (Å²) in [6.07, 6.45) is 0. The molecule has 0 saturated carbocycles. The van der Waals surface area contributed by atoms with Crippen LogP contribution in [0.1, 0.15) is 16.7 Å². The van der Waals surface area contributed by atoms with Gasteiger partial charge in [-0.25, -0.2) is 0 Å². The number of rotatable bonds is 5. The molecule has 0 heterocycles. The van der Waals surface area contributed by atoms with Crippen molar-refractivity contribution in [3.63, 3.8) is 0 Å². The summed E-state index contributed by atoms with van der Waals surface area (Å²) in [5.74, 6) is -0.0463. The van der Waals surface area contributed by atoms with Crippen LogP contribution >= 0.6 is 23.2 Å². The van der Waals surface area contributed by atoms with Gasteiger partial charge in [-0.2, -0.15) is 0 Å². The van der Waals surface area contributed by atoms with Crippen molar-refractivity contribution >= 4 is 34.8 Å². The van der Waals surface area contributed by atoms with Crippen molar-refractivity contribution < 1.29 is 4.79 Å². The highest BCUT2D eigenvalue weighted by Crippen LogP contribution is 2.22. The lowest BCUT2D eigenvalue weighted by Crippen LogP contribution is -2.30. The Bertz CT molecular complexity index is 696. The molecule has 1 amide bonds. The SMILES string of the molecule is Cc1cccc(C)c1NC(=O)CN(C)Cc1ccc(Cl)cc1Cl. The maximum atomic E-state index is 12.2. The topological polar surface area (TPSA) is 32.3 Å². The molecule has 5 heteroatoms. The van der Waals surface area contributed by atoms with E-state index in [0.717, 1.165) is 22.4 Å². The third kappa shape index (κ3) is 4.96. The maximum absolute atomic E-state index is 12.2. The number of likely N-dealkylation sites (N-methyl/N-ethyl adjacent to an activating group) is 1. The van der Waals surface area contributed by atoms with Crippen molar-refractivity contribution in [1.82, 2.24) is 4.90 Å². The summed E-state index contributed by atoms with van der Waals surface area (Å²) in [6.45, 7) is 4.84. The third-order valence-corrected chi connectivity index (χ3v) is 4.20. The van der Waals surface area contributed by atoms with Crippen LogP contribution in [-0.4, -0.2) is 24.4 Å². The minimum Gasteiger partial charge on any atom is -0.324 e. The summed E-state index contributed by atoms with van der Waals surface area (Å²) in [7, 11) is 1.88. The van der Waals surface area contributed by atoms with Crippen LogP contribution in [-0.2, 0) is 11.3 Å². The largest absolute Gasteiger partial charge is 0.324 e. The zero-order valence-corrected chi connectivity index (χ0v) is 15.0. The van der Waals surface area contributed by atoms with Crippen molar-refractivity contribution in [3.05, 3.63) is 63.1 Å². The number of nitrogens with zero attached hydrogens (tertiary/aromatic N) is 1. The van der Waals surface area contributed by atoms with E-state index in [1.54, 1.807) is 12.1 Å². The number of hydrogen-bond donors (Lipinski definition) is 1. The molecule has 122 valence electrons. The minimum atomic E-state index is -0.0463. The Morgan fingerprint density at radius 1 is 1.13 bits per heavy atom. The number of hydrogen-bond acceptors (Lipinski definition) is 2. The number of anilines is 1. The normalized spacial score (nSPS) is 10.9. The predicted octanol–water partition coefficient (Wildman–Crippen LogP) is 4.68. The van der Waals surface area contributed by atoms with Gasteiger partial charge in [-0.3, -0.25) is 9.69 Å². The van der Waals surface area contributed by atoms with Gasteiger partial charge in [0.15, 0.2) is 0 Å². The smallest absolute Gasteiger partial charge is 0.238 e. The first-order chi connectivity index (χ1) is 10.9. The van der Waals surface area contributed by atoms with E-state index in [1.165, 1.54) is 0 Å². The highest BCUT2D eigenvalue weighted by atomic mass is 35.5. The van der Waals surface area contributed by atoms with Gasteiger partial charge in [0.25, 0.3) is 0 Å². The van der Waals surface area contributed by atoms with Gasteiger partial charge >= 0.3 is 0 Å². The van der Waals surface area contributed by atoms with E-state index in [9.17, 15) is 4.79 Å². The molecule has 3 nitrogen and oxygen atoms in total. The fourth-order valence-electron chi connectivity index (χ4n) is 2.43. The van der Waals surface area contributed by atoms with Gasteiger partial charge in [-0.05, 0) is 49.7 Å². The molecule has 2 aromatic rings. The summed E-state index contributed by atoms with van der Waals surface area (Å²) < 4.78 is 0. The van der Waals surface area contributed by atoms with Crippen LogP contribution in [0, 0.1) is 13.8 Å². The molecule has 0 spiro atoms. The summed E-state index contributed by atoms with van der Waals surface area (Å²) in [5, 5.41) is 4.20. The van der Waals surface area contributed by atoms with Crippen LogP contribution in [0.4, 0.5) is 5.69 Å². The zero-order valence-electron chi connectivity index (χ0n) is 13.5. The number of para-hydroxylation sites is 1. The molecule has 0 aliphatic carbocycles. The Morgan fingerprint density at radius 2 is 1.78 bits per heavy atom. The summed E-state index contributed by atoms with van der Waals surface area (Å²) in [4.78, 5) is 14.2. The van der Waals surface area contributed by atoms with Gasteiger partial charge in [-0.1, -0.05) is 47.5 Å². The number of halogens is 2. The van der Waals surface area contributed by atoms with E-state index < -0.39 is 0 Å². The lowest BCUT2D eigenvalue weighted by Gasteiger charge is -2.18. The van der Waals surface area contributed by atoms with Crippen molar-refractivity contribution in [1.29, 1.82) is 0 Å². The van der Waals surface area contributed by atoms with Crippen LogP contribution < -0.4 is 5.32 Å². The van der Waals surface area contributed by atoms with Crippen LogP contribution in [0.2, 0.25) is 10.0 Å². The number of carbonyl (C=O) groups excluding carboxylic acids is 1. The van der Waals surface area contributed by atoms with E-state index >= 15 is 0 Å². The van der Waals surface area contributed by atoms with Gasteiger partial charge in [0.05, 0.1) is 6.54 Å². The Kier molecular flexibility index (Phi) is 6.05. The molecule has 0 fully saturated rings. The fourth-order valence-corrected chi connectivity index (χ4v) is 2.90. The molecule has 23 heavy (non-hydrogen) atoms. The molecule has 0 saturated heterocycles. The molecule has 0 aliphatic rings. The van der Waals surface area contributed by atoms with Gasteiger partial charge < -0.3 is 5.32 Å². The minimum absolute atomic E-state index is 0.0463. The number of aryl methyl sites for hydroxylation is 2. The monoisotopic (exact) mass is 350 g/mol. The summed E-state index contributed by atoms with van der Waals surface area (Å²) in [6, 6.07) is 11.3. The van der Waals surface area contributed by atoms with Gasteiger partial charge in [0, 0.05) is 22.3 Å². The molecular weight excluding hydrogens is 331 g/mol. The van der Waals surface area contributed by atoms with E-state index in [4.69, 9.17) is 23.2 Å². The lowest BCUT2D eigenvalue weighted by atomic mass is 10.1. The zero-order chi connectivity index (χ0) is 17.0. The maximum Gasteiger partial charge on any atom is 0.238 e. The Labute approximate surface area is 147 Å². The number of nitrogens with one attached hydrogen (secondary N) is 1. The average Bonchev–Trinajstić information content (AvgIpc) is 2.46. The van der Waals surface area contributed by atoms with Crippen LogP contribution in [0.15, 0.2) is 36.4 Å². The van der Waals surface area contributed by atoms with Crippen molar-refractivity contribution in [2.75, 3.05) is 18.9 Å². The first-order valence-corrected chi connectivity index (χ1v) is 8.11. The van der Waals surface area contributed by atoms with Crippen LogP contribution in [0.5, 0.6) is 0 Å². The standard InChI is InChI=1S/C18H20Cl2N2O/c1-12-5-4-6-13(2)18(12)21-17(23)11-22(3)10-14-7-8-15(19)9-16(14)20/h4-9H,10-11H2,1-3H3,(H,21,23). The highest BCUT2D eigenvalue weighted by molar-refractivity contribution is 6.35. The lowest BCUT2D eigenvalue weighted by molar-refractivity contribution is -0.117. The van der Waals surface area contributed by atoms with Crippen LogP contribution in [0.3, 0.4) is 0 Å².